The average molecular weight is 520 g/mol. The minimum absolute atomic E-state index is 0.0516. The Labute approximate surface area is 215 Å². The summed E-state index contributed by atoms with van der Waals surface area (Å²) in [6, 6.07) is 0.267. The van der Waals surface area contributed by atoms with E-state index in [1.54, 1.807) is 12.4 Å². The van der Waals surface area contributed by atoms with Crippen molar-refractivity contribution in [1.82, 2.24) is 25.2 Å². The third-order valence-corrected chi connectivity index (χ3v) is 8.71. The molecule has 10 heteroatoms. The van der Waals surface area contributed by atoms with Crippen LogP contribution in [0.15, 0.2) is 12.4 Å². The number of hydrogen-bond donors (Lipinski definition) is 1. The van der Waals surface area contributed by atoms with E-state index in [1.807, 2.05) is 6.92 Å². The number of amides is 1. The average Bonchev–Trinajstić information content (AvgIpc) is 3.11. The van der Waals surface area contributed by atoms with Gasteiger partial charge in [0.2, 0.25) is 5.91 Å². The zero-order valence-corrected chi connectivity index (χ0v) is 21.7. The summed E-state index contributed by atoms with van der Waals surface area (Å²) in [5.74, 6) is -1.09. The normalized spacial score (nSPS) is 24.4. The molecule has 0 aromatic carbocycles. The Morgan fingerprint density at radius 1 is 1.17 bits per heavy atom. The van der Waals surface area contributed by atoms with Gasteiger partial charge in [0.05, 0.1) is 12.1 Å². The molecule has 2 saturated carbocycles. The van der Waals surface area contributed by atoms with Crippen LogP contribution in [0.3, 0.4) is 0 Å². The van der Waals surface area contributed by atoms with Gasteiger partial charge in [0.25, 0.3) is 11.1 Å². The van der Waals surface area contributed by atoms with E-state index < -0.39 is 12.0 Å². The molecule has 0 spiro atoms. The van der Waals surface area contributed by atoms with Crippen LogP contribution < -0.4 is 10.1 Å². The van der Waals surface area contributed by atoms with Crippen LogP contribution in [0.25, 0.3) is 0 Å². The SMILES string of the molecule is Cc1ncc(CC(=O)NC2CCC(CCN3CCc4nc(OC5CC(F)(F)C5)sc4CC3)CC2)cn1. The number of fused-ring (bicyclic) bond motifs is 1. The molecule has 7 nitrogen and oxygen atoms in total. The summed E-state index contributed by atoms with van der Waals surface area (Å²) >= 11 is 1.53. The molecule has 0 atom stereocenters. The van der Waals surface area contributed by atoms with Crippen LogP contribution in [0.1, 0.15) is 66.9 Å². The van der Waals surface area contributed by atoms with E-state index in [0.29, 0.717) is 23.4 Å². The second-order valence-corrected chi connectivity index (χ2v) is 11.6. The molecule has 1 N–H and O–H groups in total. The lowest BCUT2D eigenvalue weighted by Gasteiger charge is -2.33. The Morgan fingerprint density at radius 3 is 2.61 bits per heavy atom. The molecule has 196 valence electrons. The number of carbonyl (C=O) groups excluding carboxylic acids is 1. The third kappa shape index (κ3) is 6.76. The molecule has 3 aliphatic rings. The first-order valence-corrected chi connectivity index (χ1v) is 14.0. The maximum absolute atomic E-state index is 13.1. The van der Waals surface area contributed by atoms with Gasteiger partial charge in [-0.05, 0) is 63.5 Å². The summed E-state index contributed by atoms with van der Waals surface area (Å²) in [5, 5.41) is 3.75. The van der Waals surface area contributed by atoms with Gasteiger partial charge in [0.1, 0.15) is 11.9 Å². The predicted octanol–water partition coefficient (Wildman–Crippen LogP) is 4.13. The molecular formula is C26H35F2N5O2S. The van der Waals surface area contributed by atoms with Crippen molar-refractivity contribution in [2.45, 2.75) is 89.2 Å². The van der Waals surface area contributed by atoms with E-state index >= 15 is 0 Å². The molecule has 2 aliphatic carbocycles. The standard InChI is InChI=1S/C26H35F2N5O2S/c1-17-29-15-19(16-30-17)12-24(34)31-20-4-2-18(3-5-20)6-9-33-10-7-22-23(8-11-33)36-25(32-22)35-21-13-26(27,28)14-21/h15-16,18,20-21H,2-14H2,1H3,(H,31,34). The molecule has 0 unspecified atom stereocenters. The van der Waals surface area contributed by atoms with Crippen LogP contribution in [0.4, 0.5) is 8.78 Å². The second-order valence-electron chi connectivity index (χ2n) is 10.6. The summed E-state index contributed by atoms with van der Waals surface area (Å²) < 4.78 is 31.8. The molecule has 5 rings (SSSR count). The summed E-state index contributed by atoms with van der Waals surface area (Å²) in [6.45, 7) is 4.91. The van der Waals surface area contributed by atoms with Crippen LogP contribution in [-0.2, 0) is 24.1 Å². The minimum atomic E-state index is -2.57. The largest absolute Gasteiger partial charge is 0.466 e. The van der Waals surface area contributed by atoms with Crippen molar-refractivity contribution in [1.29, 1.82) is 0 Å². The molecule has 0 bridgehead atoms. The summed E-state index contributed by atoms with van der Waals surface area (Å²) in [5.41, 5.74) is 1.93. The van der Waals surface area contributed by atoms with Crippen molar-refractivity contribution in [3.8, 4) is 5.19 Å². The molecular weight excluding hydrogens is 484 g/mol. The second kappa shape index (κ2) is 11.0. The number of rotatable bonds is 8. The maximum Gasteiger partial charge on any atom is 0.273 e. The number of halogens is 2. The highest BCUT2D eigenvalue weighted by molar-refractivity contribution is 7.13. The molecule has 2 aromatic heterocycles. The number of alkyl halides is 2. The third-order valence-electron chi connectivity index (χ3n) is 7.66. The fourth-order valence-corrected chi connectivity index (χ4v) is 6.44. The van der Waals surface area contributed by atoms with Crippen molar-refractivity contribution in [3.63, 3.8) is 0 Å². The smallest absolute Gasteiger partial charge is 0.273 e. The highest BCUT2D eigenvalue weighted by atomic mass is 32.1. The van der Waals surface area contributed by atoms with Gasteiger partial charge < -0.3 is 15.0 Å². The highest BCUT2D eigenvalue weighted by Crippen LogP contribution is 2.41. The van der Waals surface area contributed by atoms with Crippen molar-refractivity contribution < 1.29 is 18.3 Å². The number of aryl methyl sites for hydroxylation is 1. The number of aromatic nitrogens is 3. The first-order chi connectivity index (χ1) is 17.3. The first kappa shape index (κ1) is 25.4. The van der Waals surface area contributed by atoms with Crippen molar-refractivity contribution in [2.75, 3.05) is 19.6 Å². The molecule has 0 saturated heterocycles. The highest BCUT2D eigenvalue weighted by Gasteiger charge is 2.47. The zero-order chi connectivity index (χ0) is 25.1. The van der Waals surface area contributed by atoms with E-state index in [4.69, 9.17) is 4.74 Å². The monoisotopic (exact) mass is 519 g/mol. The molecule has 1 aliphatic heterocycles. The number of ether oxygens (including phenoxy) is 1. The number of nitrogens with zero attached hydrogens (tertiary/aromatic N) is 4. The Hall–Kier alpha value is -2.20. The molecule has 1 amide bonds. The zero-order valence-electron chi connectivity index (χ0n) is 20.8. The summed E-state index contributed by atoms with van der Waals surface area (Å²) in [4.78, 5) is 29.1. The summed E-state index contributed by atoms with van der Waals surface area (Å²) in [7, 11) is 0. The van der Waals surface area contributed by atoms with Gasteiger partial charge in [0, 0.05) is 55.7 Å². The predicted molar refractivity (Wildman–Crippen MR) is 134 cm³/mol. The van der Waals surface area contributed by atoms with Crippen LogP contribution in [-0.4, -0.2) is 63.5 Å². The van der Waals surface area contributed by atoms with E-state index in [9.17, 15) is 13.6 Å². The van der Waals surface area contributed by atoms with Crippen LogP contribution >= 0.6 is 11.3 Å². The molecule has 2 fully saturated rings. The Balaban J connectivity index is 0.985. The molecule has 36 heavy (non-hydrogen) atoms. The molecule has 3 heterocycles. The van der Waals surface area contributed by atoms with Crippen LogP contribution in [0, 0.1) is 12.8 Å². The van der Waals surface area contributed by atoms with E-state index in [2.05, 4.69) is 25.2 Å². The van der Waals surface area contributed by atoms with Crippen molar-refractivity contribution in [2.24, 2.45) is 5.92 Å². The van der Waals surface area contributed by atoms with Gasteiger partial charge in [-0.3, -0.25) is 4.79 Å². The molecule has 0 radical (unpaired) electrons. The fraction of sp³-hybridized carbons (Fsp3) is 0.692. The van der Waals surface area contributed by atoms with E-state index in [-0.39, 0.29) is 24.8 Å². The van der Waals surface area contributed by atoms with E-state index in [1.165, 1.54) is 22.6 Å². The van der Waals surface area contributed by atoms with Gasteiger partial charge in [-0.15, -0.1) is 0 Å². The van der Waals surface area contributed by atoms with Gasteiger partial charge in [-0.1, -0.05) is 11.3 Å². The first-order valence-electron chi connectivity index (χ1n) is 13.1. The van der Waals surface area contributed by atoms with E-state index in [0.717, 1.165) is 69.4 Å². The topological polar surface area (TPSA) is 80.2 Å². The number of nitrogens with one attached hydrogen (secondary N) is 1. The lowest BCUT2D eigenvalue weighted by molar-refractivity contribution is -0.134. The number of hydrogen-bond acceptors (Lipinski definition) is 7. The Kier molecular flexibility index (Phi) is 7.81. The number of carbonyl (C=O) groups is 1. The van der Waals surface area contributed by atoms with Crippen molar-refractivity contribution in [3.05, 3.63) is 34.4 Å². The quantitative estimate of drug-likeness (QED) is 0.565. The fourth-order valence-electron chi connectivity index (χ4n) is 5.43. The van der Waals surface area contributed by atoms with Crippen LogP contribution in [0.2, 0.25) is 0 Å². The lowest BCUT2D eigenvalue weighted by Crippen LogP contribution is -2.43. The minimum Gasteiger partial charge on any atom is -0.466 e. The van der Waals surface area contributed by atoms with Crippen LogP contribution in [0.5, 0.6) is 5.19 Å². The molecule has 2 aromatic rings. The van der Waals surface area contributed by atoms with Crippen molar-refractivity contribution >= 4 is 17.2 Å². The number of thiazole rings is 1. The summed E-state index contributed by atoms with van der Waals surface area (Å²) in [6.07, 6.45) is 10.4. The Morgan fingerprint density at radius 2 is 1.89 bits per heavy atom. The lowest BCUT2D eigenvalue weighted by atomic mass is 9.84. The Bertz CT molecular complexity index is 1010. The van der Waals surface area contributed by atoms with Gasteiger partial charge >= 0.3 is 0 Å². The maximum atomic E-state index is 13.1. The van der Waals surface area contributed by atoms with Gasteiger partial charge in [-0.2, -0.15) is 0 Å². The van der Waals surface area contributed by atoms with Gasteiger partial charge in [0.15, 0.2) is 0 Å². The van der Waals surface area contributed by atoms with Gasteiger partial charge in [-0.25, -0.2) is 23.7 Å².